The summed E-state index contributed by atoms with van der Waals surface area (Å²) in [5, 5.41) is 4.00. The van der Waals surface area contributed by atoms with Gasteiger partial charge in [0.05, 0.1) is 12.7 Å². The van der Waals surface area contributed by atoms with Crippen LogP contribution in [0, 0.1) is 0 Å². The van der Waals surface area contributed by atoms with Gasteiger partial charge in [-0.05, 0) is 43.0 Å². The van der Waals surface area contributed by atoms with Crippen molar-refractivity contribution >= 4 is 39.2 Å². The number of aryl methyl sites for hydroxylation is 1. The number of rotatable bonds is 5. The highest BCUT2D eigenvalue weighted by atomic mass is 32.1. The number of nitrogens with one attached hydrogen (secondary N) is 1. The van der Waals surface area contributed by atoms with E-state index in [2.05, 4.69) is 5.32 Å². The van der Waals surface area contributed by atoms with Crippen LogP contribution in [0.4, 0.5) is 5.00 Å². The minimum atomic E-state index is -0.455. The predicted molar refractivity (Wildman–Crippen MR) is 104 cm³/mol. The standard InChI is InChI=1S/C20H17NO6S/c1-25-20(24)18-13-3-2-4-15(13)28-19(18)21-16(22)10-26-12-7-5-11-6-8-17(23)27-14(11)9-12/h5-9H,2-4,10H2,1H3,(H,21,22). The lowest BCUT2D eigenvalue weighted by Gasteiger charge is -2.09. The summed E-state index contributed by atoms with van der Waals surface area (Å²) in [6.07, 6.45) is 2.71. The Kier molecular flexibility index (Phi) is 4.87. The van der Waals surface area contributed by atoms with E-state index in [1.165, 1.54) is 24.5 Å². The molecule has 28 heavy (non-hydrogen) atoms. The first-order valence-electron chi connectivity index (χ1n) is 8.74. The fourth-order valence-corrected chi connectivity index (χ4v) is 4.55. The molecule has 8 heteroatoms. The highest BCUT2D eigenvalue weighted by Gasteiger charge is 2.28. The number of thiophene rings is 1. The second-order valence-corrected chi connectivity index (χ2v) is 7.45. The van der Waals surface area contributed by atoms with E-state index < -0.39 is 11.6 Å². The fraction of sp³-hybridized carbons (Fsp3) is 0.250. The Morgan fingerprint density at radius 2 is 2.04 bits per heavy atom. The number of methoxy groups -OCH3 is 1. The van der Waals surface area contributed by atoms with Crippen molar-refractivity contribution in [3.63, 3.8) is 0 Å². The molecule has 7 nitrogen and oxygen atoms in total. The Morgan fingerprint density at radius 1 is 1.21 bits per heavy atom. The average Bonchev–Trinajstić information content (AvgIpc) is 3.26. The lowest BCUT2D eigenvalue weighted by atomic mass is 10.1. The maximum Gasteiger partial charge on any atom is 0.341 e. The quantitative estimate of drug-likeness (QED) is 0.523. The number of anilines is 1. The molecule has 1 N–H and O–H groups in total. The monoisotopic (exact) mass is 399 g/mol. The zero-order valence-electron chi connectivity index (χ0n) is 15.1. The largest absolute Gasteiger partial charge is 0.484 e. The molecular formula is C20H17NO6S. The van der Waals surface area contributed by atoms with Crippen molar-refractivity contribution in [3.8, 4) is 5.75 Å². The van der Waals surface area contributed by atoms with Crippen LogP contribution in [0.15, 0.2) is 39.5 Å². The smallest absolute Gasteiger partial charge is 0.341 e. The van der Waals surface area contributed by atoms with Gasteiger partial charge in [-0.2, -0.15) is 0 Å². The summed E-state index contributed by atoms with van der Waals surface area (Å²) >= 11 is 1.41. The summed E-state index contributed by atoms with van der Waals surface area (Å²) in [7, 11) is 1.33. The van der Waals surface area contributed by atoms with Gasteiger partial charge in [0.2, 0.25) is 0 Å². The van der Waals surface area contributed by atoms with Gasteiger partial charge < -0.3 is 19.2 Å². The highest BCUT2D eigenvalue weighted by Crippen LogP contribution is 2.39. The van der Waals surface area contributed by atoms with E-state index in [1.807, 2.05) is 0 Å². The number of hydrogen-bond donors (Lipinski definition) is 1. The molecular weight excluding hydrogens is 382 g/mol. The minimum Gasteiger partial charge on any atom is -0.484 e. The third-order valence-electron chi connectivity index (χ3n) is 4.53. The van der Waals surface area contributed by atoms with E-state index in [-0.39, 0.29) is 12.5 Å². The summed E-state index contributed by atoms with van der Waals surface area (Å²) in [5.74, 6) is -0.432. The summed E-state index contributed by atoms with van der Waals surface area (Å²) in [6.45, 7) is -0.244. The molecule has 4 rings (SSSR count). The number of ether oxygens (including phenoxy) is 2. The lowest BCUT2D eigenvalue weighted by molar-refractivity contribution is -0.118. The molecule has 0 fully saturated rings. The van der Waals surface area contributed by atoms with E-state index in [1.54, 1.807) is 24.3 Å². The van der Waals surface area contributed by atoms with Crippen LogP contribution in [-0.2, 0) is 22.4 Å². The number of hydrogen-bond acceptors (Lipinski definition) is 7. The lowest BCUT2D eigenvalue weighted by Crippen LogP contribution is -2.21. The van der Waals surface area contributed by atoms with Crippen LogP contribution in [0.3, 0.4) is 0 Å². The van der Waals surface area contributed by atoms with Gasteiger partial charge in [0.1, 0.15) is 16.3 Å². The number of benzene rings is 1. The summed E-state index contributed by atoms with van der Waals surface area (Å²) in [6, 6.07) is 7.99. The molecule has 0 saturated heterocycles. The number of esters is 1. The third-order valence-corrected chi connectivity index (χ3v) is 5.74. The van der Waals surface area contributed by atoms with Crippen LogP contribution in [0.1, 0.15) is 27.2 Å². The normalized spacial score (nSPS) is 12.6. The molecule has 1 aliphatic carbocycles. The SMILES string of the molecule is COC(=O)c1c(NC(=O)COc2ccc3ccc(=O)oc3c2)sc2c1CCC2. The van der Waals surface area contributed by atoms with Crippen LogP contribution in [0.2, 0.25) is 0 Å². The zero-order valence-corrected chi connectivity index (χ0v) is 15.9. The van der Waals surface area contributed by atoms with Crippen molar-refractivity contribution in [1.29, 1.82) is 0 Å². The number of carbonyl (C=O) groups excluding carboxylic acids is 2. The Morgan fingerprint density at radius 3 is 2.86 bits per heavy atom. The van der Waals surface area contributed by atoms with Crippen molar-refractivity contribution in [2.75, 3.05) is 19.0 Å². The molecule has 2 heterocycles. The van der Waals surface area contributed by atoms with Gasteiger partial charge in [0.15, 0.2) is 6.61 Å². The number of amides is 1. The van der Waals surface area contributed by atoms with Gasteiger partial charge in [0, 0.05) is 22.4 Å². The van der Waals surface area contributed by atoms with Crippen molar-refractivity contribution in [2.24, 2.45) is 0 Å². The molecule has 0 radical (unpaired) electrons. The first kappa shape index (κ1) is 18.2. The Bertz CT molecular complexity index is 1130. The fourth-order valence-electron chi connectivity index (χ4n) is 3.25. The van der Waals surface area contributed by atoms with Crippen molar-refractivity contribution in [3.05, 3.63) is 56.8 Å². The minimum absolute atomic E-state index is 0.244. The first-order chi connectivity index (χ1) is 13.5. The second kappa shape index (κ2) is 7.47. The van der Waals surface area contributed by atoms with Crippen LogP contribution >= 0.6 is 11.3 Å². The van der Waals surface area contributed by atoms with Crippen molar-refractivity contribution in [2.45, 2.75) is 19.3 Å². The predicted octanol–water partition coefficient (Wildman–Crippen LogP) is 3.15. The number of fused-ring (bicyclic) bond motifs is 2. The average molecular weight is 399 g/mol. The molecule has 1 aliphatic rings. The van der Waals surface area contributed by atoms with Crippen LogP contribution in [-0.4, -0.2) is 25.6 Å². The molecule has 0 aliphatic heterocycles. The van der Waals surface area contributed by atoms with Crippen molar-refractivity contribution in [1.82, 2.24) is 0 Å². The van der Waals surface area contributed by atoms with Crippen LogP contribution in [0.25, 0.3) is 11.0 Å². The molecule has 1 aromatic carbocycles. The summed E-state index contributed by atoms with van der Waals surface area (Å²) < 4.78 is 15.5. The molecule has 3 aromatic rings. The third kappa shape index (κ3) is 3.50. The second-order valence-electron chi connectivity index (χ2n) is 6.34. The van der Waals surface area contributed by atoms with E-state index >= 15 is 0 Å². The molecule has 2 aromatic heterocycles. The molecule has 0 atom stereocenters. The van der Waals surface area contributed by atoms with E-state index in [4.69, 9.17) is 13.9 Å². The van der Waals surface area contributed by atoms with E-state index in [0.29, 0.717) is 21.9 Å². The molecule has 0 bridgehead atoms. The van der Waals surface area contributed by atoms with Gasteiger partial charge in [-0.15, -0.1) is 11.3 Å². The van der Waals surface area contributed by atoms with Crippen LogP contribution < -0.4 is 15.7 Å². The van der Waals surface area contributed by atoms with Gasteiger partial charge in [-0.25, -0.2) is 9.59 Å². The Hall–Kier alpha value is -3.13. The van der Waals surface area contributed by atoms with Gasteiger partial charge >= 0.3 is 11.6 Å². The summed E-state index contributed by atoms with van der Waals surface area (Å²) in [5.41, 5.74) is 1.34. The van der Waals surface area contributed by atoms with E-state index in [0.717, 1.165) is 35.1 Å². The molecule has 144 valence electrons. The Balaban J connectivity index is 1.47. The Labute approximate surface area is 163 Å². The first-order valence-corrected chi connectivity index (χ1v) is 9.56. The zero-order chi connectivity index (χ0) is 19.7. The van der Waals surface area contributed by atoms with Gasteiger partial charge in [-0.3, -0.25) is 4.79 Å². The maximum absolute atomic E-state index is 12.3. The van der Waals surface area contributed by atoms with E-state index in [9.17, 15) is 14.4 Å². The highest BCUT2D eigenvalue weighted by molar-refractivity contribution is 7.17. The molecule has 1 amide bonds. The molecule has 0 saturated carbocycles. The van der Waals surface area contributed by atoms with Gasteiger partial charge in [-0.1, -0.05) is 0 Å². The summed E-state index contributed by atoms with van der Waals surface area (Å²) in [4.78, 5) is 36.9. The van der Waals surface area contributed by atoms with Gasteiger partial charge in [0.25, 0.3) is 5.91 Å². The van der Waals surface area contributed by atoms with Crippen molar-refractivity contribution < 1.29 is 23.5 Å². The van der Waals surface area contributed by atoms with Crippen LogP contribution in [0.5, 0.6) is 5.75 Å². The topological polar surface area (TPSA) is 94.8 Å². The molecule has 0 unspecified atom stereocenters. The number of carbonyl (C=O) groups is 2. The molecule has 0 spiro atoms. The maximum atomic E-state index is 12.3.